The van der Waals surface area contributed by atoms with E-state index in [1.807, 2.05) is 6.92 Å². The van der Waals surface area contributed by atoms with E-state index in [-0.39, 0.29) is 10.9 Å². The van der Waals surface area contributed by atoms with Gasteiger partial charge in [-0.3, -0.25) is 0 Å². The number of hydrogen-bond acceptors (Lipinski definition) is 2. The fourth-order valence-electron chi connectivity index (χ4n) is 1.74. The Bertz CT molecular complexity index is 346. The molecule has 90 valence electrons. The number of halogens is 2. The molecule has 0 saturated carbocycles. The average Bonchev–Trinajstić information content (AvgIpc) is 2.28. The van der Waals surface area contributed by atoms with Crippen LogP contribution in [0.3, 0.4) is 0 Å². The summed E-state index contributed by atoms with van der Waals surface area (Å²) in [5.41, 5.74) is 6.12. The largest absolute Gasteiger partial charge is 0.388 e. The molecule has 4 heteroatoms. The van der Waals surface area contributed by atoms with Gasteiger partial charge in [0, 0.05) is 5.92 Å². The molecule has 0 heterocycles. The molecule has 0 aliphatic carbocycles. The summed E-state index contributed by atoms with van der Waals surface area (Å²) in [6, 6.07) is 4.36. The Morgan fingerprint density at radius 2 is 2.19 bits per heavy atom. The zero-order valence-electron chi connectivity index (χ0n) is 9.29. The normalized spacial score (nSPS) is 14.8. The van der Waals surface area contributed by atoms with Gasteiger partial charge >= 0.3 is 0 Å². The van der Waals surface area contributed by atoms with Gasteiger partial charge < -0.3 is 10.8 Å². The Labute approximate surface area is 100 Å². The summed E-state index contributed by atoms with van der Waals surface area (Å²) in [5, 5.41) is 10.1. The van der Waals surface area contributed by atoms with E-state index in [4.69, 9.17) is 17.3 Å². The van der Waals surface area contributed by atoms with Gasteiger partial charge in [-0.1, -0.05) is 31.0 Å². The number of rotatable bonds is 5. The van der Waals surface area contributed by atoms with Crippen molar-refractivity contribution in [3.8, 4) is 0 Å². The topological polar surface area (TPSA) is 46.2 Å². The average molecular weight is 246 g/mol. The lowest BCUT2D eigenvalue weighted by molar-refractivity contribution is 0.106. The SMILES string of the molecule is CCCC(CN)C(O)c1ccc(Cl)c(F)c1. The van der Waals surface area contributed by atoms with E-state index >= 15 is 0 Å². The Balaban J connectivity index is 2.85. The zero-order chi connectivity index (χ0) is 12.1. The highest BCUT2D eigenvalue weighted by Gasteiger charge is 2.19. The summed E-state index contributed by atoms with van der Waals surface area (Å²) in [6.45, 7) is 2.41. The lowest BCUT2D eigenvalue weighted by Crippen LogP contribution is -2.22. The van der Waals surface area contributed by atoms with Gasteiger partial charge in [0.05, 0.1) is 11.1 Å². The maximum Gasteiger partial charge on any atom is 0.142 e. The van der Waals surface area contributed by atoms with Crippen molar-refractivity contribution in [2.45, 2.75) is 25.9 Å². The molecule has 0 saturated heterocycles. The molecule has 2 atom stereocenters. The molecular formula is C12H17ClFNO. The quantitative estimate of drug-likeness (QED) is 0.838. The molecule has 0 aliphatic heterocycles. The lowest BCUT2D eigenvalue weighted by Gasteiger charge is -2.21. The number of hydrogen-bond donors (Lipinski definition) is 2. The first-order valence-corrected chi connectivity index (χ1v) is 5.81. The molecule has 2 unspecified atom stereocenters. The Hall–Kier alpha value is -0.640. The van der Waals surface area contributed by atoms with E-state index < -0.39 is 11.9 Å². The minimum Gasteiger partial charge on any atom is -0.388 e. The fourth-order valence-corrected chi connectivity index (χ4v) is 1.86. The fraction of sp³-hybridized carbons (Fsp3) is 0.500. The first-order valence-electron chi connectivity index (χ1n) is 5.43. The molecule has 0 aliphatic rings. The zero-order valence-corrected chi connectivity index (χ0v) is 10.0. The van der Waals surface area contributed by atoms with Crippen molar-refractivity contribution in [2.75, 3.05) is 6.54 Å². The van der Waals surface area contributed by atoms with E-state index in [1.54, 1.807) is 6.07 Å². The third-order valence-corrected chi connectivity index (χ3v) is 3.00. The third kappa shape index (κ3) is 3.17. The van der Waals surface area contributed by atoms with E-state index in [2.05, 4.69) is 0 Å². The van der Waals surface area contributed by atoms with Crippen LogP contribution < -0.4 is 5.73 Å². The van der Waals surface area contributed by atoms with Crippen molar-refractivity contribution < 1.29 is 9.50 Å². The molecule has 1 aromatic rings. The highest BCUT2D eigenvalue weighted by Crippen LogP contribution is 2.27. The highest BCUT2D eigenvalue weighted by atomic mass is 35.5. The predicted molar refractivity (Wildman–Crippen MR) is 63.8 cm³/mol. The van der Waals surface area contributed by atoms with E-state index in [1.165, 1.54) is 12.1 Å². The molecule has 16 heavy (non-hydrogen) atoms. The Morgan fingerprint density at radius 3 is 2.69 bits per heavy atom. The number of nitrogens with two attached hydrogens (primary N) is 1. The van der Waals surface area contributed by atoms with Crippen LogP contribution in [-0.4, -0.2) is 11.7 Å². The molecule has 0 fully saturated rings. The Kier molecular flexibility index (Phi) is 5.19. The Morgan fingerprint density at radius 1 is 1.50 bits per heavy atom. The van der Waals surface area contributed by atoms with Gasteiger partial charge in [0.1, 0.15) is 5.82 Å². The predicted octanol–water partition coefficient (Wildman–Crippen LogP) is 2.89. The van der Waals surface area contributed by atoms with Gasteiger partial charge in [0.25, 0.3) is 0 Å². The van der Waals surface area contributed by atoms with Gasteiger partial charge in [0.15, 0.2) is 0 Å². The molecule has 0 spiro atoms. The molecular weight excluding hydrogens is 229 g/mol. The monoisotopic (exact) mass is 245 g/mol. The van der Waals surface area contributed by atoms with Crippen molar-refractivity contribution in [2.24, 2.45) is 11.7 Å². The summed E-state index contributed by atoms with van der Waals surface area (Å²) in [7, 11) is 0. The second-order valence-corrected chi connectivity index (χ2v) is 4.31. The van der Waals surface area contributed by atoms with Crippen LogP contribution in [0.25, 0.3) is 0 Å². The maximum absolute atomic E-state index is 13.2. The van der Waals surface area contributed by atoms with Crippen LogP contribution in [-0.2, 0) is 0 Å². The molecule has 1 aromatic carbocycles. The van der Waals surface area contributed by atoms with Crippen molar-refractivity contribution in [1.29, 1.82) is 0 Å². The first-order chi connectivity index (χ1) is 7.60. The van der Waals surface area contributed by atoms with Crippen LogP contribution in [0.15, 0.2) is 18.2 Å². The van der Waals surface area contributed by atoms with Gasteiger partial charge in [-0.05, 0) is 30.7 Å². The number of aliphatic hydroxyl groups is 1. The highest BCUT2D eigenvalue weighted by molar-refractivity contribution is 6.30. The number of aliphatic hydroxyl groups excluding tert-OH is 1. The van der Waals surface area contributed by atoms with Crippen LogP contribution in [0.2, 0.25) is 5.02 Å². The van der Waals surface area contributed by atoms with Crippen molar-refractivity contribution in [3.63, 3.8) is 0 Å². The van der Waals surface area contributed by atoms with E-state index in [0.29, 0.717) is 12.1 Å². The van der Waals surface area contributed by atoms with E-state index in [9.17, 15) is 9.50 Å². The van der Waals surface area contributed by atoms with Gasteiger partial charge in [-0.25, -0.2) is 4.39 Å². The first kappa shape index (κ1) is 13.4. The van der Waals surface area contributed by atoms with Crippen molar-refractivity contribution in [1.82, 2.24) is 0 Å². The smallest absolute Gasteiger partial charge is 0.142 e. The molecule has 0 amide bonds. The second-order valence-electron chi connectivity index (χ2n) is 3.90. The molecule has 0 radical (unpaired) electrons. The van der Waals surface area contributed by atoms with Gasteiger partial charge in [-0.15, -0.1) is 0 Å². The molecule has 3 N–H and O–H groups in total. The van der Waals surface area contributed by atoms with Crippen molar-refractivity contribution >= 4 is 11.6 Å². The van der Waals surface area contributed by atoms with Crippen LogP contribution in [0.5, 0.6) is 0 Å². The summed E-state index contributed by atoms with van der Waals surface area (Å²) >= 11 is 5.58. The minimum atomic E-state index is -0.725. The van der Waals surface area contributed by atoms with E-state index in [0.717, 1.165) is 12.8 Å². The maximum atomic E-state index is 13.2. The molecule has 0 aromatic heterocycles. The van der Waals surface area contributed by atoms with Crippen LogP contribution >= 0.6 is 11.6 Å². The summed E-state index contributed by atoms with van der Waals surface area (Å²) in [6.07, 6.45) is 1.04. The lowest BCUT2D eigenvalue weighted by atomic mass is 9.92. The van der Waals surface area contributed by atoms with Crippen molar-refractivity contribution in [3.05, 3.63) is 34.6 Å². The molecule has 1 rings (SSSR count). The third-order valence-electron chi connectivity index (χ3n) is 2.69. The summed E-state index contributed by atoms with van der Waals surface area (Å²) in [4.78, 5) is 0. The van der Waals surface area contributed by atoms with Gasteiger partial charge in [0.2, 0.25) is 0 Å². The van der Waals surface area contributed by atoms with Crippen LogP contribution in [0, 0.1) is 11.7 Å². The van der Waals surface area contributed by atoms with Gasteiger partial charge in [-0.2, -0.15) is 0 Å². The standard InChI is InChI=1S/C12H17ClFNO/c1-2-3-9(7-15)12(16)8-4-5-10(13)11(14)6-8/h4-6,9,12,16H,2-3,7,15H2,1H3. The summed E-state index contributed by atoms with van der Waals surface area (Å²) in [5.74, 6) is -0.545. The van der Waals surface area contributed by atoms with Crippen LogP contribution in [0.4, 0.5) is 4.39 Å². The van der Waals surface area contributed by atoms with Crippen LogP contribution in [0.1, 0.15) is 31.4 Å². The second kappa shape index (κ2) is 6.18. The summed E-state index contributed by atoms with van der Waals surface area (Å²) < 4.78 is 13.2. The molecule has 0 bridgehead atoms. The molecule has 2 nitrogen and oxygen atoms in total. The minimum absolute atomic E-state index is 0.0365. The number of benzene rings is 1.